The zero-order valence-corrected chi connectivity index (χ0v) is 16.0. The van der Waals surface area contributed by atoms with Gasteiger partial charge in [-0.05, 0) is 32.9 Å². The predicted molar refractivity (Wildman–Crippen MR) is 104 cm³/mol. The maximum absolute atomic E-state index is 9.38. The first kappa shape index (κ1) is 17.7. The van der Waals surface area contributed by atoms with Crippen molar-refractivity contribution >= 4 is 17.5 Å². The number of aryl methyl sites for hydroxylation is 2. The second kappa shape index (κ2) is 7.16. The molecule has 8 nitrogen and oxygen atoms in total. The molecule has 8 heteroatoms. The summed E-state index contributed by atoms with van der Waals surface area (Å²) in [6.45, 7) is 5.95. The van der Waals surface area contributed by atoms with Crippen molar-refractivity contribution in [3.05, 3.63) is 24.2 Å². The Kier molecular flexibility index (Phi) is 4.70. The highest BCUT2D eigenvalue weighted by Gasteiger charge is 2.48. The summed E-state index contributed by atoms with van der Waals surface area (Å²) in [6, 6.07) is 2.42. The first-order valence-corrected chi connectivity index (χ1v) is 9.56. The van der Waals surface area contributed by atoms with Gasteiger partial charge in [-0.25, -0.2) is 4.98 Å². The van der Waals surface area contributed by atoms with Gasteiger partial charge in [-0.2, -0.15) is 15.3 Å². The van der Waals surface area contributed by atoms with Gasteiger partial charge in [0.25, 0.3) is 0 Å². The van der Waals surface area contributed by atoms with Crippen LogP contribution in [0.2, 0.25) is 0 Å². The Morgan fingerprint density at radius 1 is 1.22 bits per heavy atom. The third-order valence-corrected chi connectivity index (χ3v) is 5.61. The summed E-state index contributed by atoms with van der Waals surface area (Å²) in [5, 5.41) is 16.7. The SMILES string of the molecule is Cc1cnc(Nc2cnn(C)c2)nc1N1CC(CC#N)(N2CCCCC2)C1. The van der Waals surface area contributed by atoms with Gasteiger partial charge in [0.05, 0.1) is 29.9 Å². The van der Waals surface area contributed by atoms with E-state index in [1.165, 1.54) is 19.3 Å². The fourth-order valence-electron chi connectivity index (χ4n) is 4.18. The maximum atomic E-state index is 9.38. The van der Waals surface area contributed by atoms with E-state index in [1.54, 1.807) is 10.9 Å². The molecule has 0 saturated carbocycles. The summed E-state index contributed by atoms with van der Waals surface area (Å²) in [4.78, 5) is 13.9. The molecule has 2 fully saturated rings. The van der Waals surface area contributed by atoms with Crippen LogP contribution in [0.15, 0.2) is 18.6 Å². The molecule has 0 spiro atoms. The minimum absolute atomic E-state index is 0.0243. The standard InChI is InChI=1S/C19H26N8/c1-15-10-21-18(23-16-11-22-25(2)12-16)24-17(15)26-13-19(14-26,6-7-20)27-8-4-3-5-9-27/h10-12H,3-6,8-9,13-14H2,1-2H3,(H,21,23,24). The van der Waals surface area contributed by atoms with Gasteiger partial charge in [0, 0.05) is 38.1 Å². The van der Waals surface area contributed by atoms with Crippen LogP contribution in [-0.2, 0) is 7.05 Å². The predicted octanol–water partition coefficient (Wildman–Crippen LogP) is 2.22. The molecule has 0 bridgehead atoms. The number of anilines is 3. The van der Waals surface area contributed by atoms with Gasteiger partial charge in [0.15, 0.2) is 0 Å². The maximum Gasteiger partial charge on any atom is 0.229 e. The van der Waals surface area contributed by atoms with Gasteiger partial charge in [0.1, 0.15) is 5.82 Å². The number of hydrogen-bond acceptors (Lipinski definition) is 7. The monoisotopic (exact) mass is 366 g/mol. The van der Waals surface area contributed by atoms with Gasteiger partial charge in [-0.1, -0.05) is 6.42 Å². The average Bonchev–Trinajstić information content (AvgIpc) is 3.05. The summed E-state index contributed by atoms with van der Waals surface area (Å²) < 4.78 is 1.74. The van der Waals surface area contributed by atoms with Crippen LogP contribution in [0.4, 0.5) is 17.5 Å². The number of nitrogens with zero attached hydrogens (tertiary/aromatic N) is 7. The second-order valence-corrected chi connectivity index (χ2v) is 7.69. The Labute approximate surface area is 159 Å². The summed E-state index contributed by atoms with van der Waals surface area (Å²) in [5.41, 5.74) is 1.89. The van der Waals surface area contributed by atoms with Crippen LogP contribution in [0.1, 0.15) is 31.2 Å². The Morgan fingerprint density at radius 3 is 2.67 bits per heavy atom. The van der Waals surface area contributed by atoms with Crippen molar-refractivity contribution in [3.63, 3.8) is 0 Å². The first-order valence-electron chi connectivity index (χ1n) is 9.56. The molecular weight excluding hydrogens is 340 g/mol. The van der Waals surface area contributed by atoms with Gasteiger partial charge in [-0.15, -0.1) is 0 Å². The largest absolute Gasteiger partial charge is 0.352 e. The van der Waals surface area contributed by atoms with Crippen LogP contribution >= 0.6 is 0 Å². The molecule has 2 aliphatic rings. The lowest BCUT2D eigenvalue weighted by Gasteiger charge is -2.56. The molecule has 27 heavy (non-hydrogen) atoms. The van der Waals surface area contributed by atoms with Crippen LogP contribution in [0.5, 0.6) is 0 Å². The van der Waals surface area contributed by atoms with Crippen molar-refractivity contribution in [2.24, 2.45) is 7.05 Å². The molecule has 0 amide bonds. The van der Waals surface area contributed by atoms with Crippen molar-refractivity contribution < 1.29 is 0 Å². The molecule has 4 rings (SSSR count). The summed E-state index contributed by atoms with van der Waals surface area (Å²) in [6.07, 6.45) is 9.84. The molecule has 4 heterocycles. The number of aromatic nitrogens is 4. The highest BCUT2D eigenvalue weighted by molar-refractivity contribution is 5.57. The molecule has 2 saturated heterocycles. The lowest BCUT2D eigenvalue weighted by molar-refractivity contribution is 0.0438. The van der Waals surface area contributed by atoms with Crippen molar-refractivity contribution in [3.8, 4) is 6.07 Å². The van der Waals surface area contributed by atoms with E-state index < -0.39 is 0 Å². The quantitative estimate of drug-likeness (QED) is 0.868. The second-order valence-electron chi connectivity index (χ2n) is 7.69. The van der Waals surface area contributed by atoms with E-state index in [9.17, 15) is 5.26 Å². The van der Waals surface area contributed by atoms with Crippen LogP contribution in [0.25, 0.3) is 0 Å². The van der Waals surface area contributed by atoms with Crippen molar-refractivity contribution in [1.29, 1.82) is 5.26 Å². The highest BCUT2D eigenvalue weighted by Crippen LogP contribution is 2.37. The highest BCUT2D eigenvalue weighted by atomic mass is 15.4. The fraction of sp³-hybridized carbons (Fsp3) is 0.579. The summed E-state index contributed by atoms with van der Waals surface area (Å²) >= 11 is 0. The van der Waals surface area contributed by atoms with Gasteiger partial charge >= 0.3 is 0 Å². The number of nitriles is 1. The zero-order chi connectivity index (χ0) is 18.9. The molecule has 2 aliphatic heterocycles. The lowest BCUT2D eigenvalue weighted by atomic mass is 9.83. The minimum Gasteiger partial charge on any atom is -0.352 e. The normalized spacial score (nSPS) is 19.4. The smallest absolute Gasteiger partial charge is 0.229 e. The molecule has 1 N–H and O–H groups in total. The summed E-state index contributed by atoms with van der Waals surface area (Å²) in [7, 11) is 1.88. The molecule has 2 aromatic rings. The molecule has 0 radical (unpaired) electrons. The zero-order valence-electron chi connectivity index (χ0n) is 16.0. The molecule has 0 aromatic carbocycles. The Morgan fingerprint density at radius 2 is 2.00 bits per heavy atom. The third-order valence-electron chi connectivity index (χ3n) is 5.61. The molecule has 0 atom stereocenters. The third kappa shape index (κ3) is 3.47. The number of nitrogens with one attached hydrogen (secondary N) is 1. The van der Waals surface area contributed by atoms with Gasteiger partial charge in [0.2, 0.25) is 5.95 Å². The Balaban J connectivity index is 1.50. The Hall–Kier alpha value is -2.66. The van der Waals surface area contributed by atoms with Crippen LogP contribution in [0.3, 0.4) is 0 Å². The van der Waals surface area contributed by atoms with Gasteiger partial charge < -0.3 is 10.2 Å². The minimum atomic E-state index is -0.0243. The average molecular weight is 366 g/mol. The Bertz CT molecular complexity index is 840. The van der Waals surface area contributed by atoms with Gasteiger partial charge in [-0.3, -0.25) is 9.58 Å². The van der Waals surface area contributed by atoms with E-state index in [0.29, 0.717) is 12.4 Å². The molecule has 2 aromatic heterocycles. The summed E-state index contributed by atoms with van der Waals surface area (Å²) in [5.74, 6) is 1.52. The van der Waals surface area contributed by atoms with E-state index in [0.717, 1.165) is 43.2 Å². The molecule has 0 unspecified atom stereocenters. The van der Waals surface area contributed by atoms with Crippen LogP contribution in [-0.4, -0.2) is 56.4 Å². The topological polar surface area (TPSA) is 85.9 Å². The van der Waals surface area contributed by atoms with Crippen molar-refractivity contribution in [1.82, 2.24) is 24.6 Å². The molecule has 142 valence electrons. The lowest BCUT2D eigenvalue weighted by Crippen LogP contribution is -2.71. The molecular formula is C19H26N8. The van der Waals surface area contributed by atoms with E-state index in [1.807, 2.05) is 26.4 Å². The van der Waals surface area contributed by atoms with Crippen LogP contribution in [0, 0.1) is 18.3 Å². The fourth-order valence-corrected chi connectivity index (χ4v) is 4.18. The molecule has 0 aliphatic carbocycles. The number of likely N-dealkylation sites (tertiary alicyclic amines) is 1. The van der Waals surface area contributed by atoms with E-state index in [-0.39, 0.29) is 5.54 Å². The van der Waals surface area contributed by atoms with E-state index in [4.69, 9.17) is 4.98 Å². The van der Waals surface area contributed by atoms with Crippen molar-refractivity contribution in [2.45, 2.75) is 38.1 Å². The number of piperidine rings is 1. The van der Waals surface area contributed by atoms with E-state index in [2.05, 4.69) is 31.3 Å². The van der Waals surface area contributed by atoms with Crippen molar-refractivity contribution in [2.75, 3.05) is 36.4 Å². The first-order chi connectivity index (χ1) is 13.1. The number of rotatable bonds is 5. The van der Waals surface area contributed by atoms with Crippen LogP contribution < -0.4 is 10.2 Å². The van der Waals surface area contributed by atoms with E-state index >= 15 is 0 Å². The number of hydrogen-bond donors (Lipinski definition) is 1.